The van der Waals surface area contributed by atoms with E-state index in [4.69, 9.17) is 4.74 Å². The van der Waals surface area contributed by atoms with Crippen LogP contribution in [0.25, 0.3) is 11.3 Å². The Balaban J connectivity index is 1.77. The van der Waals surface area contributed by atoms with Crippen molar-refractivity contribution in [2.75, 3.05) is 25.6 Å². The number of thiazole rings is 1. The highest BCUT2D eigenvalue weighted by Crippen LogP contribution is 2.29. The second kappa shape index (κ2) is 6.99. The Morgan fingerprint density at radius 1 is 1.46 bits per heavy atom. The molecule has 2 heterocycles. The van der Waals surface area contributed by atoms with Crippen LogP contribution in [0.15, 0.2) is 35.7 Å². The summed E-state index contributed by atoms with van der Waals surface area (Å²) in [5.41, 5.74) is 1.85. The number of anilines is 1. The first-order valence-electron chi connectivity index (χ1n) is 7.61. The van der Waals surface area contributed by atoms with Crippen LogP contribution >= 0.6 is 11.3 Å². The van der Waals surface area contributed by atoms with Crippen LogP contribution in [0.2, 0.25) is 0 Å². The Bertz CT molecular complexity index is 755. The van der Waals surface area contributed by atoms with Crippen LogP contribution in [0, 0.1) is 11.5 Å². The normalized spacial score (nSPS) is 20.0. The van der Waals surface area contributed by atoms with E-state index in [0.29, 0.717) is 18.1 Å². The van der Waals surface area contributed by atoms with Crippen LogP contribution in [0.5, 0.6) is 0 Å². The number of likely N-dealkylation sites (N-methyl/N-ethyl adjacent to an activating group) is 1. The summed E-state index contributed by atoms with van der Waals surface area (Å²) in [6, 6.07) is 9.34. The molecule has 2 unspecified atom stereocenters. The van der Waals surface area contributed by atoms with Crippen molar-refractivity contribution in [3.63, 3.8) is 0 Å². The van der Waals surface area contributed by atoms with Gasteiger partial charge in [0.1, 0.15) is 6.04 Å². The summed E-state index contributed by atoms with van der Waals surface area (Å²) in [4.78, 5) is 20.3. The average Bonchev–Trinajstić information content (AvgIpc) is 3.28. The average molecular weight is 342 g/mol. The highest BCUT2D eigenvalue weighted by Gasteiger charge is 2.38. The molecular weight excluding hydrogens is 324 g/mol. The van der Waals surface area contributed by atoms with E-state index in [1.165, 1.54) is 21.1 Å². The maximum Gasteiger partial charge on any atom is 0.252 e. The summed E-state index contributed by atoms with van der Waals surface area (Å²) >= 11 is 1.42. The smallest absolute Gasteiger partial charge is 0.252 e. The molecule has 24 heavy (non-hydrogen) atoms. The van der Waals surface area contributed by atoms with E-state index in [0.717, 1.165) is 11.3 Å². The maximum atomic E-state index is 12.8. The molecule has 124 valence electrons. The highest BCUT2D eigenvalue weighted by molar-refractivity contribution is 7.14. The number of rotatable bonds is 4. The third kappa shape index (κ3) is 3.11. The molecular formula is C17H18N4O2S. The molecule has 7 heteroatoms. The van der Waals surface area contributed by atoms with Crippen LogP contribution in [-0.2, 0) is 9.53 Å². The van der Waals surface area contributed by atoms with Crippen molar-refractivity contribution in [2.45, 2.75) is 18.6 Å². The minimum atomic E-state index is -0.492. The predicted molar refractivity (Wildman–Crippen MR) is 92.5 cm³/mol. The molecule has 0 aliphatic carbocycles. The fourth-order valence-electron chi connectivity index (χ4n) is 2.79. The van der Waals surface area contributed by atoms with E-state index in [-0.39, 0.29) is 12.0 Å². The van der Waals surface area contributed by atoms with Crippen molar-refractivity contribution in [1.82, 2.24) is 9.88 Å². The lowest BCUT2D eigenvalue weighted by molar-refractivity contribution is -0.121. The number of likely N-dealkylation sites (tertiary alicyclic amines) is 1. The van der Waals surface area contributed by atoms with Crippen molar-refractivity contribution in [2.24, 2.45) is 0 Å². The van der Waals surface area contributed by atoms with Gasteiger partial charge in [-0.25, -0.2) is 4.98 Å². The van der Waals surface area contributed by atoms with Gasteiger partial charge in [0.2, 0.25) is 0 Å². The molecule has 1 saturated heterocycles. The van der Waals surface area contributed by atoms with Crippen LogP contribution in [0.1, 0.15) is 6.42 Å². The number of aromatic nitrogens is 1. The molecule has 2 atom stereocenters. The fourth-order valence-corrected chi connectivity index (χ4v) is 3.60. The van der Waals surface area contributed by atoms with Crippen molar-refractivity contribution in [1.29, 1.82) is 5.26 Å². The summed E-state index contributed by atoms with van der Waals surface area (Å²) in [5.74, 6) is -0.134. The largest absolute Gasteiger partial charge is 0.379 e. The van der Waals surface area contributed by atoms with Crippen molar-refractivity contribution < 1.29 is 9.53 Å². The van der Waals surface area contributed by atoms with Gasteiger partial charge in [-0.1, -0.05) is 30.3 Å². The Morgan fingerprint density at radius 3 is 2.88 bits per heavy atom. The molecule has 1 aliphatic heterocycles. The van der Waals surface area contributed by atoms with E-state index in [2.05, 4.69) is 11.2 Å². The van der Waals surface area contributed by atoms with Gasteiger partial charge >= 0.3 is 0 Å². The molecule has 6 nitrogen and oxygen atoms in total. The van der Waals surface area contributed by atoms with Gasteiger partial charge < -0.3 is 4.74 Å². The summed E-state index contributed by atoms with van der Waals surface area (Å²) < 4.78 is 5.29. The summed E-state index contributed by atoms with van der Waals surface area (Å²) in [5, 5.41) is 11.8. The Labute approximate surface area is 144 Å². The van der Waals surface area contributed by atoms with E-state index in [1.807, 2.05) is 35.7 Å². The minimum absolute atomic E-state index is 0.0943. The molecule has 0 saturated carbocycles. The van der Waals surface area contributed by atoms with E-state index in [1.54, 1.807) is 14.2 Å². The SMILES string of the molecule is COC1CC(C(=O)N(C)c2nc(-c3ccccc3)cs2)N(C#N)C1. The molecule has 0 N–H and O–H groups in total. The second-order valence-electron chi connectivity index (χ2n) is 5.64. The quantitative estimate of drug-likeness (QED) is 0.798. The first-order valence-corrected chi connectivity index (χ1v) is 8.49. The third-order valence-corrected chi connectivity index (χ3v) is 5.11. The summed E-state index contributed by atoms with van der Waals surface area (Å²) in [6.45, 7) is 0.449. The number of methoxy groups -OCH3 is 1. The standard InChI is InChI=1S/C17H18N4O2S/c1-20(16(22)15-8-13(23-2)9-21(15)11-18)17-19-14(10-24-17)12-6-4-3-5-7-12/h3-7,10,13,15H,8-9H2,1-2H3. The second-order valence-corrected chi connectivity index (χ2v) is 6.48. The number of hydrogen-bond donors (Lipinski definition) is 0. The Hall–Kier alpha value is -2.43. The number of amides is 1. The number of carbonyl (C=O) groups is 1. The molecule has 1 amide bonds. The van der Waals surface area contributed by atoms with Gasteiger partial charge in [-0.15, -0.1) is 11.3 Å². The fraction of sp³-hybridized carbons (Fsp3) is 0.353. The van der Waals surface area contributed by atoms with Crippen molar-refractivity contribution >= 4 is 22.4 Å². The molecule has 1 aliphatic rings. The molecule has 1 aromatic carbocycles. The molecule has 1 aromatic heterocycles. The number of nitriles is 1. The van der Waals surface area contributed by atoms with Gasteiger partial charge in [-0.3, -0.25) is 14.6 Å². The van der Waals surface area contributed by atoms with Gasteiger partial charge in [0.15, 0.2) is 11.3 Å². The number of benzene rings is 1. The lowest BCUT2D eigenvalue weighted by Crippen LogP contribution is -2.42. The Morgan fingerprint density at radius 2 is 2.21 bits per heavy atom. The zero-order valence-corrected chi connectivity index (χ0v) is 14.4. The number of ether oxygens (including phenoxy) is 1. The maximum absolute atomic E-state index is 12.8. The lowest BCUT2D eigenvalue weighted by Gasteiger charge is -2.22. The van der Waals surface area contributed by atoms with Gasteiger partial charge in [0.05, 0.1) is 18.3 Å². The molecule has 3 rings (SSSR count). The van der Waals surface area contributed by atoms with Crippen LogP contribution < -0.4 is 4.90 Å². The van der Waals surface area contributed by atoms with Crippen molar-refractivity contribution in [3.8, 4) is 17.5 Å². The van der Waals surface area contributed by atoms with E-state index in [9.17, 15) is 10.1 Å². The zero-order chi connectivity index (χ0) is 17.1. The molecule has 0 spiro atoms. The third-order valence-electron chi connectivity index (χ3n) is 4.19. The van der Waals surface area contributed by atoms with Crippen LogP contribution in [0.4, 0.5) is 5.13 Å². The number of nitrogens with zero attached hydrogens (tertiary/aromatic N) is 4. The Kier molecular flexibility index (Phi) is 4.79. The monoisotopic (exact) mass is 342 g/mol. The molecule has 2 aromatic rings. The van der Waals surface area contributed by atoms with Crippen LogP contribution in [-0.4, -0.2) is 48.6 Å². The van der Waals surface area contributed by atoms with Gasteiger partial charge in [0, 0.05) is 31.5 Å². The van der Waals surface area contributed by atoms with Gasteiger partial charge in [0.25, 0.3) is 5.91 Å². The van der Waals surface area contributed by atoms with Crippen molar-refractivity contribution in [3.05, 3.63) is 35.7 Å². The molecule has 1 fully saturated rings. The lowest BCUT2D eigenvalue weighted by atomic mass is 10.2. The number of hydrogen-bond acceptors (Lipinski definition) is 6. The summed E-state index contributed by atoms with van der Waals surface area (Å²) in [6.07, 6.45) is 2.51. The molecule has 0 radical (unpaired) electrons. The first-order chi connectivity index (χ1) is 11.6. The zero-order valence-electron chi connectivity index (χ0n) is 13.5. The number of carbonyl (C=O) groups excluding carboxylic acids is 1. The minimum Gasteiger partial charge on any atom is -0.379 e. The van der Waals surface area contributed by atoms with E-state index >= 15 is 0 Å². The van der Waals surface area contributed by atoms with Gasteiger partial charge in [-0.05, 0) is 0 Å². The first kappa shape index (κ1) is 16.4. The summed E-state index contributed by atoms with van der Waals surface area (Å²) in [7, 11) is 3.30. The molecule has 0 bridgehead atoms. The van der Waals surface area contributed by atoms with Gasteiger partial charge in [-0.2, -0.15) is 5.26 Å². The topological polar surface area (TPSA) is 69.5 Å². The highest BCUT2D eigenvalue weighted by atomic mass is 32.1. The van der Waals surface area contributed by atoms with Crippen LogP contribution in [0.3, 0.4) is 0 Å². The van der Waals surface area contributed by atoms with E-state index < -0.39 is 6.04 Å². The predicted octanol–water partition coefficient (Wildman–Crippen LogP) is 2.34.